The number of piperidine rings is 1. The van der Waals surface area contributed by atoms with E-state index in [1.165, 1.54) is 6.08 Å². The van der Waals surface area contributed by atoms with Gasteiger partial charge in [-0.15, -0.1) is 0 Å². The zero-order valence-electron chi connectivity index (χ0n) is 15.1. The second-order valence-electron chi connectivity index (χ2n) is 6.05. The fraction of sp³-hybridized carbons (Fsp3) is 0.500. The summed E-state index contributed by atoms with van der Waals surface area (Å²) in [6, 6.07) is 7.14. The van der Waals surface area contributed by atoms with E-state index in [1.807, 2.05) is 24.3 Å². The highest BCUT2D eigenvalue weighted by molar-refractivity contribution is 5.94. The molecule has 0 N–H and O–H groups in total. The molecule has 136 valence electrons. The molecule has 5 heteroatoms. The van der Waals surface area contributed by atoms with Crippen molar-refractivity contribution in [3.8, 4) is 5.75 Å². The van der Waals surface area contributed by atoms with Crippen LogP contribution in [0.5, 0.6) is 5.75 Å². The minimum atomic E-state index is -0.462. The van der Waals surface area contributed by atoms with Crippen LogP contribution in [0.25, 0.3) is 6.08 Å². The van der Waals surface area contributed by atoms with E-state index in [2.05, 4.69) is 6.92 Å². The van der Waals surface area contributed by atoms with Crippen molar-refractivity contribution in [1.29, 1.82) is 0 Å². The Morgan fingerprint density at radius 3 is 2.64 bits per heavy atom. The highest BCUT2D eigenvalue weighted by atomic mass is 16.5. The van der Waals surface area contributed by atoms with Crippen molar-refractivity contribution >= 4 is 18.0 Å². The molecule has 1 aliphatic heterocycles. The van der Waals surface area contributed by atoms with Crippen molar-refractivity contribution in [2.45, 2.75) is 45.6 Å². The Morgan fingerprint density at radius 2 is 1.96 bits per heavy atom. The summed E-state index contributed by atoms with van der Waals surface area (Å²) in [6.45, 7) is 5.46. The van der Waals surface area contributed by atoms with Crippen LogP contribution in [-0.2, 0) is 14.3 Å². The summed E-state index contributed by atoms with van der Waals surface area (Å²) < 4.78 is 10.6. The van der Waals surface area contributed by atoms with E-state index < -0.39 is 6.04 Å². The van der Waals surface area contributed by atoms with Gasteiger partial charge in [0.15, 0.2) is 0 Å². The molecule has 1 atom stereocenters. The molecule has 1 saturated heterocycles. The van der Waals surface area contributed by atoms with Gasteiger partial charge in [-0.3, -0.25) is 4.79 Å². The molecule has 1 aromatic rings. The molecule has 0 aromatic heterocycles. The monoisotopic (exact) mass is 345 g/mol. The predicted octanol–water partition coefficient (Wildman–Crippen LogP) is 3.43. The fourth-order valence-corrected chi connectivity index (χ4v) is 2.84. The first kappa shape index (κ1) is 19.0. The number of likely N-dealkylation sites (tertiary alicyclic amines) is 1. The summed E-state index contributed by atoms with van der Waals surface area (Å²) >= 11 is 0. The molecule has 1 aromatic carbocycles. The number of rotatable bonds is 7. The average molecular weight is 345 g/mol. The number of esters is 1. The molecular formula is C20H27NO4. The molecule has 1 unspecified atom stereocenters. The number of hydrogen-bond donors (Lipinski definition) is 0. The minimum Gasteiger partial charge on any atom is -0.494 e. The number of carbonyl (C=O) groups excluding carboxylic acids is 2. The minimum absolute atomic E-state index is 0.149. The van der Waals surface area contributed by atoms with Crippen LogP contribution in [0.2, 0.25) is 0 Å². The van der Waals surface area contributed by atoms with Crippen LogP contribution >= 0.6 is 0 Å². The maximum atomic E-state index is 12.5. The number of carbonyl (C=O) groups is 2. The van der Waals surface area contributed by atoms with E-state index in [0.717, 1.165) is 30.6 Å². The topological polar surface area (TPSA) is 55.8 Å². The van der Waals surface area contributed by atoms with Crippen LogP contribution in [0.15, 0.2) is 30.3 Å². The van der Waals surface area contributed by atoms with Crippen molar-refractivity contribution in [1.82, 2.24) is 4.90 Å². The SMILES string of the molecule is CCCOc1ccc(/C=C/C(=O)N2CCCCC2C(=O)OCC)cc1. The number of hydrogen-bond acceptors (Lipinski definition) is 4. The van der Waals surface area contributed by atoms with Gasteiger partial charge in [-0.2, -0.15) is 0 Å². The molecule has 0 aliphatic carbocycles. The highest BCUT2D eigenvalue weighted by Gasteiger charge is 2.32. The molecular weight excluding hydrogens is 318 g/mol. The first-order valence-electron chi connectivity index (χ1n) is 9.04. The van der Waals surface area contributed by atoms with Crippen molar-refractivity contribution < 1.29 is 19.1 Å². The summed E-state index contributed by atoms with van der Waals surface area (Å²) in [7, 11) is 0. The summed E-state index contributed by atoms with van der Waals surface area (Å²) in [5, 5.41) is 0. The number of ether oxygens (including phenoxy) is 2. The van der Waals surface area contributed by atoms with E-state index in [4.69, 9.17) is 9.47 Å². The third-order valence-electron chi connectivity index (χ3n) is 4.12. The second kappa shape index (κ2) is 9.87. The highest BCUT2D eigenvalue weighted by Crippen LogP contribution is 2.19. The fourth-order valence-electron chi connectivity index (χ4n) is 2.84. The third kappa shape index (κ3) is 5.62. The van der Waals surface area contributed by atoms with E-state index in [0.29, 0.717) is 26.2 Å². The Bertz CT molecular complexity index is 594. The molecule has 2 rings (SSSR count). The van der Waals surface area contributed by atoms with Gasteiger partial charge in [-0.05, 0) is 56.4 Å². The number of benzene rings is 1. The Balaban J connectivity index is 1.98. The van der Waals surface area contributed by atoms with Gasteiger partial charge in [0.2, 0.25) is 5.91 Å². The van der Waals surface area contributed by atoms with Gasteiger partial charge in [0.25, 0.3) is 0 Å². The molecule has 1 aliphatic rings. The second-order valence-corrected chi connectivity index (χ2v) is 6.05. The van der Waals surface area contributed by atoms with E-state index in [1.54, 1.807) is 17.9 Å². The van der Waals surface area contributed by atoms with Gasteiger partial charge < -0.3 is 14.4 Å². The van der Waals surface area contributed by atoms with Crippen molar-refractivity contribution in [2.24, 2.45) is 0 Å². The standard InChI is InChI=1S/C20H27NO4/c1-3-15-25-17-11-8-16(9-12-17)10-13-19(22)21-14-6-5-7-18(21)20(23)24-4-2/h8-13,18H,3-7,14-15H2,1-2H3/b13-10+. The van der Waals surface area contributed by atoms with Crippen LogP contribution in [0.3, 0.4) is 0 Å². The maximum Gasteiger partial charge on any atom is 0.328 e. The Kier molecular flexibility index (Phi) is 7.51. The van der Waals surface area contributed by atoms with Gasteiger partial charge in [-0.25, -0.2) is 4.79 Å². The molecule has 1 fully saturated rings. The lowest BCUT2D eigenvalue weighted by Crippen LogP contribution is -2.48. The Hall–Kier alpha value is -2.30. The van der Waals surface area contributed by atoms with Gasteiger partial charge in [0.1, 0.15) is 11.8 Å². The molecule has 1 heterocycles. The smallest absolute Gasteiger partial charge is 0.328 e. The molecule has 0 bridgehead atoms. The first-order chi connectivity index (χ1) is 12.2. The van der Waals surface area contributed by atoms with Crippen molar-refractivity contribution in [2.75, 3.05) is 19.8 Å². The van der Waals surface area contributed by atoms with Gasteiger partial charge in [0.05, 0.1) is 13.2 Å². The van der Waals surface area contributed by atoms with Gasteiger partial charge in [-0.1, -0.05) is 19.1 Å². The molecule has 0 saturated carbocycles. The summed E-state index contributed by atoms with van der Waals surface area (Å²) in [5.41, 5.74) is 0.918. The molecule has 0 spiro atoms. The lowest BCUT2D eigenvalue weighted by molar-refractivity contribution is -0.155. The zero-order valence-corrected chi connectivity index (χ0v) is 15.1. The van der Waals surface area contributed by atoms with E-state index in [-0.39, 0.29) is 11.9 Å². The predicted molar refractivity (Wildman–Crippen MR) is 97.2 cm³/mol. The summed E-state index contributed by atoms with van der Waals surface area (Å²) in [5.74, 6) is 0.370. The van der Waals surface area contributed by atoms with E-state index >= 15 is 0 Å². The van der Waals surface area contributed by atoms with Gasteiger partial charge in [0, 0.05) is 12.6 Å². The summed E-state index contributed by atoms with van der Waals surface area (Å²) in [6.07, 6.45) is 6.78. The lowest BCUT2D eigenvalue weighted by atomic mass is 10.0. The van der Waals surface area contributed by atoms with E-state index in [9.17, 15) is 9.59 Å². The third-order valence-corrected chi connectivity index (χ3v) is 4.12. The maximum absolute atomic E-state index is 12.5. The molecule has 0 radical (unpaired) electrons. The lowest BCUT2D eigenvalue weighted by Gasteiger charge is -2.33. The zero-order chi connectivity index (χ0) is 18.1. The van der Waals surface area contributed by atoms with Crippen LogP contribution < -0.4 is 4.74 Å². The quantitative estimate of drug-likeness (QED) is 0.561. The normalized spacial score (nSPS) is 17.5. The number of amides is 1. The van der Waals surface area contributed by atoms with Crippen LogP contribution in [-0.4, -0.2) is 42.6 Å². The Morgan fingerprint density at radius 1 is 1.20 bits per heavy atom. The molecule has 25 heavy (non-hydrogen) atoms. The van der Waals surface area contributed by atoms with Crippen molar-refractivity contribution in [3.05, 3.63) is 35.9 Å². The van der Waals surface area contributed by atoms with Gasteiger partial charge >= 0.3 is 5.97 Å². The average Bonchev–Trinajstić information content (AvgIpc) is 2.65. The van der Waals surface area contributed by atoms with Crippen LogP contribution in [0, 0.1) is 0 Å². The van der Waals surface area contributed by atoms with Crippen molar-refractivity contribution in [3.63, 3.8) is 0 Å². The molecule has 5 nitrogen and oxygen atoms in total. The largest absolute Gasteiger partial charge is 0.494 e. The first-order valence-corrected chi connectivity index (χ1v) is 9.04. The van der Waals surface area contributed by atoms with Crippen LogP contribution in [0.4, 0.5) is 0 Å². The summed E-state index contributed by atoms with van der Waals surface area (Å²) in [4.78, 5) is 26.2. The Labute approximate surface area is 149 Å². The molecule has 1 amide bonds. The number of nitrogens with zero attached hydrogens (tertiary/aromatic N) is 1. The van der Waals surface area contributed by atoms with Crippen LogP contribution in [0.1, 0.15) is 45.1 Å².